The number of rotatable bonds is 3. The Hall–Kier alpha value is -2.99. The average molecular weight is 388 g/mol. The second-order valence-corrected chi connectivity index (χ2v) is 8.00. The summed E-state index contributed by atoms with van der Waals surface area (Å²) in [5.74, 6) is 0. The van der Waals surface area contributed by atoms with Crippen LogP contribution in [0.1, 0.15) is 49.3 Å². The van der Waals surface area contributed by atoms with Gasteiger partial charge in [0.15, 0.2) is 0 Å². The van der Waals surface area contributed by atoms with E-state index in [4.69, 9.17) is 5.10 Å². The molecule has 1 unspecified atom stereocenters. The molecule has 0 bridgehead atoms. The summed E-state index contributed by atoms with van der Waals surface area (Å²) >= 11 is 0. The van der Waals surface area contributed by atoms with E-state index in [2.05, 4.69) is 28.5 Å². The van der Waals surface area contributed by atoms with Crippen LogP contribution in [0.4, 0.5) is 0 Å². The summed E-state index contributed by atoms with van der Waals surface area (Å²) < 4.78 is 2.04. The fourth-order valence-electron chi connectivity index (χ4n) is 4.63. The van der Waals surface area contributed by atoms with Gasteiger partial charge in [0.05, 0.1) is 17.9 Å². The Balaban J connectivity index is 1.60. The largest absolute Gasteiger partial charge is 0.411 e. The van der Waals surface area contributed by atoms with Gasteiger partial charge in [-0.25, -0.2) is 0 Å². The highest BCUT2D eigenvalue weighted by molar-refractivity contribution is 6.04. The van der Waals surface area contributed by atoms with Gasteiger partial charge in [0.1, 0.15) is 5.69 Å². The van der Waals surface area contributed by atoms with Gasteiger partial charge in [0, 0.05) is 35.3 Å². The minimum Gasteiger partial charge on any atom is -0.411 e. The van der Waals surface area contributed by atoms with Crippen LogP contribution in [0.15, 0.2) is 54.1 Å². The lowest BCUT2D eigenvalue weighted by Gasteiger charge is -2.26. The lowest BCUT2D eigenvalue weighted by Crippen LogP contribution is -2.22. The molecule has 0 amide bonds. The van der Waals surface area contributed by atoms with Crippen molar-refractivity contribution in [2.24, 2.45) is 5.16 Å². The molecule has 1 saturated carbocycles. The lowest BCUT2D eigenvalue weighted by atomic mass is 9.93. The van der Waals surface area contributed by atoms with E-state index < -0.39 is 0 Å². The van der Waals surface area contributed by atoms with Crippen molar-refractivity contribution in [1.29, 1.82) is 0 Å². The molecule has 2 aliphatic rings. The Morgan fingerprint density at radius 3 is 2.66 bits per heavy atom. The summed E-state index contributed by atoms with van der Waals surface area (Å²) in [4.78, 5) is 4.14. The Morgan fingerprint density at radius 2 is 1.86 bits per heavy atom. The first-order valence-corrected chi connectivity index (χ1v) is 10.2. The highest BCUT2D eigenvalue weighted by Crippen LogP contribution is 2.37. The molecule has 29 heavy (non-hydrogen) atoms. The molecule has 0 saturated heterocycles. The molecule has 1 fully saturated rings. The number of hydrogen-bond acceptors (Lipinski definition) is 5. The number of fused-ring (bicyclic) bond motifs is 1. The van der Waals surface area contributed by atoms with Crippen LogP contribution in [0.5, 0.6) is 0 Å². The molecule has 1 aromatic carbocycles. The van der Waals surface area contributed by atoms with Crippen LogP contribution in [0.25, 0.3) is 22.4 Å². The van der Waals surface area contributed by atoms with Crippen LogP contribution in [0.3, 0.4) is 0 Å². The van der Waals surface area contributed by atoms with Gasteiger partial charge in [-0.2, -0.15) is 5.10 Å². The van der Waals surface area contributed by atoms with Crippen molar-refractivity contribution >= 4 is 5.71 Å². The van der Waals surface area contributed by atoms with Gasteiger partial charge in [-0.3, -0.25) is 9.67 Å². The third-order valence-corrected chi connectivity index (χ3v) is 6.16. The number of benzene rings is 1. The van der Waals surface area contributed by atoms with Gasteiger partial charge < -0.3 is 10.3 Å². The second-order valence-electron chi connectivity index (χ2n) is 8.00. The maximum Gasteiger partial charge on any atom is 0.100 e. The van der Waals surface area contributed by atoms with E-state index in [1.165, 1.54) is 5.56 Å². The van der Waals surface area contributed by atoms with E-state index in [1.807, 2.05) is 22.9 Å². The lowest BCUT2D eigenvalue weighted by molar-refractivity contribution is 0.100. The zero-order chi connectivity index (χ0) is 19.8. The molecular formula is C23H24N4O2. The van der Waals surface area contributed by atoms with Gasteiger partial charge in [-0.1, -0.05) is 23.4 Å². The molecule has 148 valence electrons. The van der Waals surface area contributed by atoms with Crippen LogP contribution in [-0.4, -0.2) is 36.9 Å². The van der Waals surface area contributed by atoms with Crippen molar-refractivity contribution in [2.75, 3.05) is 0 Å². The first-order valence-electron chi connectivity index (χ1n) is 10.2. The molecule has 0 radical (unpaired) electrons. The Kier molecular flexibility index (Phi) is 4.64. The predicted molar refractivity (Wildman–Crippen MR) is 111 cm³/mol. The zero-order valence-corrected chi connectivity index (χ0v) is 16.2. The maximum absolute atomic E-state index is 10.1. The molecule has 2 atom stereocenters. The van der Waals surface area contributed by atoms with E-state index in [0.717, 1.165) is 72.2 Å². The first kappa shape index (κ1) is 18.1. The Morgan fingerprint density at radius 1 is 1.00 bits per heavy atom. The number of aliphatic hydroxyl groups is 1. The molecule has 2 heterocycles. The van der Waals surface area contributed by atoms with E-state index in [0.29, 0.717) is 0 Å². The number of nitrogens with zero attached hydrogens (tertiary/aromatic N) is 4. The number of aliphatic hydroxyl groups excluding tert-OH is 1. The third-order valence-electron chi connectivity index (χ3n) is 6.16. The van der Waals surface area contributed by atoms with E-state index in [1.54, 1.807) is 12.4 Å². The Bertz CT molecular complexity index is 1060. The summed E-state index contributed by atoms with van der Waals surface area (Å²) in [5, 5.41) is 27.7. The summed E-state index contributed by atoms with van der Waals surface area (Å²) in [6.07, 6.45) is 10.8. The maximum atomic E-state index is 10.1. The minimum atomic E-state index is -0.248. The third kappa shape index (κ3) is 3.34. The number of aromatic nitrogens is 3. The SMILES string of the molecule is ON=C1CCc2cc(-c3cn(C4CCC[C@@H](O)C4)nc3-c3ccncc3)ccc21. The van der Waals surface area contributed by atoms with Gasteiger partial charge in [0.25, 0.3) is 0 Å². The van der Waals surface area contributed by atoms with Crippen molar-refractivity contribution in [3.63, 3.8) is 0 Å². The van der Waals surface area contributed by atoms with Crippen LogP contribution in [-0.2, 0) is 6.42 Å². The summed E-state index contributed by atoms with van der Waals surface area (Å²) in [6.45, 7) is 0. The predicted octanol–water partition coefficient (Wildman–Crippen LogP) is 4.21. The van der Waals surface area contributed by atoms with Crippen molar-refractivity contribution in [1.82, 2.24) is 14.8 Å². The summed E-state index contributed by atoms with van der Waals surface area (Å²) in [6, 6.07) is 10.5. The van der Waals surface area contributed by atoms with E-state index in [-0.39, 0.29) is 12.1 Å². The fraction of sp³-hybridized carbons (Fsp3) is 0.348. The van der Waals surface area contributed by atoms with Crippen molar-refractivity contribution in [2.45, 2.75) is 50.7 Å². The molecule has 2 N–H and O–H groups in total. The van der Waals surface area contributed by atoms with Gasteiger partial charge in [-0.15, -0.1) is 0 Å². The van der Waals surface area contributed by atoms with Crippen molar-refractivity contribution in [3.8, 4) is 22.4 Å². The van der Waals surface area contributed by atoms with Crippen LogP contribution in [0.2, 0.25) is 0 Å². The van der Waals surface area contributed by atoms with E-state index in [9.17, 15) is 10.3 Å². The van der Waals surface area contributed by atoms with Gasteiger partial charge >= 0.3 is 0 Å². The summed E-state index contributed by atoms with van der Waals surface area (Å²) in [5.41, 5.74) is 7.14. The first-order chi connectivity index (χ1) is 14.2. The standard InChI is InChI=1S/C23H24N4O2/c28-19-3-1-2-18(13-19)27-14-21(23(25-27)15-8-10-24-11-9-15)17-4-6-20-16(12-17)5-7-22(20)26-29/h4,6,8-12,14,18-19,28-29H,1-3,5,7,13H2/t18?,19-/m1/s1. The molecule has 6 heteroatoms. The molecule has 0 spiro atoms. The van der Waals surface area contributed by atoms with Crippen LogP contribution in [0, 0.1) is 0 Å². The monoisotopic (exact) mass is 388 g/mol. The minimum absolute atomic E-state index is 0.218. The molecule has 2 aromatic heterocycles. The zero-order valence-electron chi connectivity index (χ0n) is 16.2. The smallest absolute Gasteiger partial charge is 0.100 e. The van der Waals surface area contributed by atoms with Crippen LogP contribution < -0.4 is 0 Å². The van der Waals surface area contributed by atoms with Crippen LogP contribution >= 0.6 is 0 Å². The highest BCUT2D eigenvalue weighted by Gasteiger charge is 2.25. The van der Waals surface area contributed by atoms with Gasteiger partial charge in [-0.05, 0) is 61.8 Å². The van der Waals surface area contributed by atoms with Crippen molar-refractivity contribution < 1.29 is 10.3 Å². The summed E-state index contributed by atoms with van der Waals surface area (Å²) in [7, 11) is 0. The quantitative estimate of drug-likeness (QED) is 0.520. The number of pyridine rings is 1. The topological polar surface area (TPSA) is 83.5 Å². The van der Waals surface area contributed by atoms with Gasteiger partial charge in [0.2, 0.25) is 0 Å². The molecule has 3 aromatic rings. The molecule has 2 aliphatic carbocycles. The number of oxime groups is 1. The van der Waals surface area contributed by atoms with Crippen molar-refractivity contribution in [3.05, 3.63) is 60.0 Å². The number of hydrogen-bond donors (Lipinski definition) is 2. The second kappa shape index (κ2) is 7.44. The molecule has 6 nitrogen and oxygen atoms in total. The normalized spacial score (nSPS) is 22.7. The molecule has 0 aliphatic heterocycles. The Labute approximate surface area is 169 Å². The fourth-order valence-corrected chi connectivity index (χ4v) is 4.63. The van der Waals surface area contributed by atoms with E-state index >= 15 is 0 Å². The highest BCUT2D eigenvalue weighted by atomic mass is 16.4. The average Bonchev–Trinajstić information content (AvgIpc) is 3.38. The number of aryl methyl sites for hydroxylation is 1. The molecular weight excluding hydrogens is 364 g/mol. The molecule has 5 rings (SSSR count).